The molecular weight excluding hydrogens is 238 g/mol. The third kappa shape index (κ3) is 2.15. The van der Waals surface area contributed by atoms with Crippen molar-refractivity contribution >= 4 is 17.0 Å². The highest BCUT2D eigenvalue weighted by Gasteiger charge is 2.16. The van der Waals surface area contributed by atoms with Gasteiger partial charge in [-0.1, -0.05) is 0 Å². The lowest BCUT2D eigenvalue weighted by atomic mass is 10.2. The van der Waals surface area contributed by atoms with Gasteiger partial charge in [-0.25, -0.2) is 13.8 Å². The van der Waals surface area contributed by atoms with Crippen molar-refractivity contribution in [2.24, 2.45) is 0 Å². The normalized spacial score (nSPS) is 13.4. The SMILES string of the molecule is CC(Cn1c(N)nc2c(F)cc(F)cc21)N(C)C. The number of hydrogen-bond acceptors (Lipinski definition) is 3. The predicted octanol–water partition coefficient (Wildman–Crippen LogP) is 1.85. The van der Waals surface area contributed by atoms with E-state index in [2.05, 4.69) is 4.98 Å². The van der Waals surface area contributed by atoms with Gasteiger partial charge in [0.25, 0.3) is 0 Å². The maximum absolute atomic E-state index is 13.6. The summed E-state index contributed by atoms with van der Waals surface area (Å²) in [4.78, 5) is 5.95. The molecule has 2 rings (SSSR count). The van der Waals surface area contributed by atoms with Crippen LogP contribution in [0.25, 0.3) is 11.0 Å². The molecule has 2 N–H and O–H groups in total. The first-order chi connectivity index (χ1) is 8.40. The van der Waals surface area contributed by atoms with Gasteiger partial charge in [0, 0.05) is 24.7 Å². The number of benzene rings is 1. The van der Waals surface area contributed by atoms with Crippen LogP contribution >= 0.6 is 0 Å². The first kappa shape index (κ1) is 12.8. The van der Waals surface area contributed by atoms with Crippen LogP contribution in [0, 0.1) is 11.6 Å². The van der Waals surface area contributed by atoms with Gasteiger partial charge in [0.05, 0.1) is 5.52 Å². The van der Waals surface area contributed by atoms with Gasteiger partial charge in [0.15, 0.2) is 5.82 Å². The molecule has 0 spiro atoms. The zero-order chi connectivity index (χ0) is 13.4. The minimum Gasteiger partial charge on any atom is -0.369 e. The second-order valence-electron chi connectivity index (χ2n) is 4.65. The lowest BCUT2D eigenvalue weighted by Crippen LogP contribution is -2.29. The summed E-state index contributed by atoms with van der Waals surface area (Å²) in [6.07, 6.45) is 0. The Labute approximate surface area is 104 Å². The molecule has 6 heteroatoms. The van der Waals surface area contributed by atoms with Crippen molar-refractivity contribution in [2.45, 2.75) is 19.5 Å². The van der Waals surface area contributed by atoms with Crippen LogP contribution in [0.15, 0.2) is 12.1 Å². The molecule has 0 amide bonds. The Kier molecular flexibility index (Phi) is 3.21. The lowest BCUT2D eigenvalue weighted by Gasteiger charge is -2.21. The molecule has 1 heterocycles. The van der Waals surface area contributed by atoms with Crippen molar-refractivity contribution in [1.82, 2.24) is 14.5 Å². The molecule has 0 bridgehead atoms. The van der Waals surface area contributed by atoms with E-state index < -0.39 is 11.6 Å². The first-order valence-corrected chi connectivity index (χ1v) is 5.67. The number of imidazole rings is 1. The summed E-state index contributed by atoms with van der Waals surface area (Å²) in [5, 5.41) is 0. The maximum Gasteiger partial charge on any atom is 0.201 e. The van der Waals surface area contributed by atoms with E-state index >= 15 is 0 Å². The molecule has 0 saturated carbocycles. The molecule has 2 aromatic rings. The fourth-order valence-electron chi connectivity index (χ4n) is 1.79. The van der Waals surface area contributed by atoms with Gasteiger partial charge < -0.3 is 15.2 Å². The number of anilines is 1. The molecule has 1 aromatic carbocycles. The van der Waals surface area contributed by atoms with Crippen molar-refractivity contribution in [1.29, 1.82) is 0 Å². The van der Waals surface area contributed by atoms with E-state index in [1.165, 1.54) is 6.07 Å². The lowest BCUT2D eigenvalue weighted by molar-refractivity contribution is 0.287. The van der Waals surface area contributed by atoms with E-state index in [-0.39, 0.29) is 17.5 Å². The average Bonchev–Trinajstić information content (AvgIpc) is 2.57. The fourth-order valence-corrected chi connectivity index (χ4v) is 1.79. The van der Waals surface area contributed by atoms with Crippen molar-refractivity contribution in [2.75, 3.05) is 19.8 Å². The number of hydrogen-bond donors (Lipinski definition) is 1. The second kappa shape index (κ2) is 4.53. The summed E-state index contributed by atoms with van der Waals surface area (Å²) < 4.78 is 28.4. The number of nitrogens with two attached hydrogens (primary N) is 1. The molecule has 0 saturated heterocycles. The largest absolute Gasteiger partial charge is 0.369 e. The molecule has 0 aliphatic heterocycles. The molecule has 98 valence electrons. The van der Waals surface area contributed by atoms with Crippen molar-refractivity contribution in [3.05, 3.63) is 23.8 Å². The standard InChI is InChI=1S/C12H16F2N4/c1-7(17(2)3)6-18-10-5-8(13)4-9(14)11(10)16-12(18)15/h4-5,7H,6H2,1-3H3,(H2,15,16). The molecule has 0 radical (unpaired) electrons. The Morgan fingerprint density at radius 3 is 2.67 bits per heavy atom. The molecular formula is C12H16F2N4. The monoisotopic (exact) mass is 254 g/mol. The number of halogens is 2. The van der Waals surface area contributed by atoms with Crippen LogP contribution in [0.4, 0.5) is 14.7 Å². The first-order valence-electron chi connectivity index (χ1n) is 5.67. The maximum atomic E-state index is 13.6. The smallest absolute Gasteiger partial charge is 0.201 e. The Hall–Kier alpha value is -1.69. The molecule has 1 unspecified atom stereocenters. The number of aromatic nitrogens is 2. The quantitative estimate of drug-likeness (QED) is 0.909. The molecule has 0 fully saturated rings. The van der Waals surface area contributed by atoms with Crippen LogP contribution in [-0.2, 0) is 6.54 Å². The highest BCUT2D eigenvalue weighted by atomic mass is 19.1. The molecule has 1 atom stereocenters. The molecule has 18 heavy (non-hydrogen) atoms. The van der Waals surface area contributed by atoms with Crippen LogP contribution in [0.5, 0.6) is 0 Å². The average molecular weight is 254 g/mol. The van der Waals surface area contributed by atoms with Crippen LogP contribution in [0.1, 0.15) is 6.92 Å². The minimum absolute atomic E-state index is 0.111. The summed E-state index contributed by atoms with van der Waals surface area (Å²) in [6.45, 7) is 2.53. The van der Waals surface area contributed by atoms with Gasteiger partial charge in [0.2, 0.25) is 5.95 Å². The van der Waals surface area contributed by atoms with Gasteiger partial charge in [-0.15, -0.1) is 0 Å². The van der Waals surface area contributed by atoms with E-state index in [0.717, 1.165) is 6.07 Å². The van der Waals surface area contributed by atoms with Crippen LogP contribution in [0.3, 0.4) is 0 Å². The van der Waals surface area contributed by atoms with E-state index in [1.807, 2.05) is 25.9 Å². The Bertz CT molecular complexity index is 577. The molecule has 0 aliphatic carbocycles. The topological polar surface area (TPSA) is 47.1 Å². The van der Waals surface area contributed by atoms with Gasteiger partial charge in [-0.2, -0.15) is 0 Å². The Balaban J connectivity index is 2.53. The van der Waals surface area contributed by atoms with Gasteiger partial charge in [0.1, 0.15) is 11.3 Å². The summed E-state index contributed by atoms with van der Waals surface area (Å²) >= 11 is 0. The number of nitrogens with zero attached hydrogens (tertiary/aromatic N) is 3. The van der Waals surface area contributed by atoms with Crippen molar-refractivity contribution in [3.63, 3.8) is 0 Å². The number of likely N-dealkylation sites (N-methyl/N-ethyl adjacent to an activating group) is 1. The molecule has 4 nitrogen and oxygen atoms in total. The zero-order valence-electron chi connectivity index (χ0n) is 10.6. The van der Waals surface area contributed by atoms with Crippen molar-refractivity contribution < 1.29 is 8.78 Å². The van der Waals surface area contributed by atoms with Crippen LogP contribution < -0.4 is 5.73 Å². The van der Waals surface area contributed by atoms with E-state index in [1.54, 1.807) is 4.57 Å². The molecule has 0 aliphatic rings. The van der Waals surface area contributed by atoms with Crippen LogP contribution in [-0.4, -0.2) is 34.6 Å². The number of rotatable bonds is 3. The summed E-state index contributed by atoms with van der Waals surface area (Å²) in [5.74, 6) is -1.12. The van der Waals surface area contributed by atoms with Gasteiger partial charge in [-0.05, 0) is 21.0 Å². The Morgan fingerprint density at radius 1 is 1.39 bits per heavy atom. The highest BCUT2D eigenvalue weighted by molar-refractivity contribution is 5.79. The van der Waals surface area contributed by atoms with Gasteiger partial charge >= 0.3 is 0 Å². The highest BCUT2D eigenvalue weighted by Crippen LogP contribution is 2.22. The number of fused-ring (bicyclic) bond motifs is 1. The van der Waals surface area contributed by atoms with E-state index in [4.69, 9.17) is 5.73 Å². The van der Waals surface area contributed by atoms with Crippen molar-refractivity contribution in [3.8, 4) is 0 Å². The van der Waals surface area contributed by atoms with Gasteiger partial charge in [-0.3, -0.25) is 0 Å². The molecule has 1 aromatic heterocycles. The summed E-state index contributed by atoms with van der Waals surface area (Å²) in [6, 6.07) is 2.24. The van der Waals surface area contributed by atoms with E-state index in [9.17, 15) is 8.78 Å². The van der Waals surface area contributed by atoms with Crippen LogP contribution in [0.2, 0.25) is 0 Å². The number of nitrogen functional groups attached to an aromatic ring is 1. The van der Waals surface area contributed by atoms with E-state index in [0.29, 0.717) is 12.1 Å². The zero-order valence-corrected chi connectivity index (χ0v) is 10.6. The third-order valence-corrected chi connectivity index (χ3v) is 3.13. The summed E-state index contributed by atoms with van der Waals surface area (Å²) in [5.41, 5.74) is 6.26. The summed E-state index contributed by atoms with van der Waals surface area (Å²) in [7, 11) is 3.86. The predicted molar refractivity (Wildman–Crippen MR) is 67.2 cm³/mol. The fraction of sp³-hybridized carbons (Fsp3) is 0.417. The Morgan fingerprint density at radius 2 is 2.06 bits per heavy atom. The second-order valence-corrected chi connectivity index (χ2v) is 4.65. The third-order valence-electron chi connectivity index (χ3n) is 3.13. The minimum atomic E-state index is -0.687.